The number of amides is 1. The topological polar surface area (TPSA) is 32.3 Å². The van der Waals surface area contributed by atoms with Crippen molar-refractivity contribution in [3.63, 3.8) is 0 Å². The Morgan fingerprint density at radius 1 is 1.12 bits per heavy atom. The second-order valence-electron chi connectivity index (χ2n) is 10.4. The van der Waals surface area contributed by atoms with Gasteiger partial charge < -0.3 is 10.2 Å². The number of benzene rings is 1. The van der Waals surface area contributed by atoms with Gasteiger partial charge in [0.1, 0.15) is 0 Å². The van der Waals surface area contributed by atoms with Crippen molar-refractivity contribution in [2.45, 2.75) is 50.0 Å². The standard InChI is InChI=1S/C23H28N2O/c26-20(25-12-16-6-7-24-19(16)13-25)22-9-15-8-18-11-21(14-22,23(18,22)10-15)17-4-2-1-3-5-17/h1-5,15-16,18-19,24H,6-14H2. The molecular formula is C23H28N2O. The molecule has 4 saturated carbocycles. The lowest BCUT2D eigenvalue weighted by atomic mass is 9.23. The van der Waals surface area contributed by atoms with Gasteiger partial charge in [0.2, 0.25) is 5.91 Å². The van der Waals surface area contributed by atoms with Crippen LogP contribution in [0.15, 0.2) is 30.3 Å². The lowest BCUT2D eigenvalue weighted by Crippen LogP contribution is -2.79. The Bertz CT molecular complexity index is 796. The van der Waals surface area contributed by atoms with Gasteiger partial charge in [-0.25, -0.2) is 0 Å². The minimum atomic E-state index is -0.00664. The molecule has 7 atom stereocenters. The minimum Gasteiger partial charge on any atom is -0.340 e. The first-order valence-corrected chi connectivity index (χ1v) is 10.8. The summed E-state index contributed by atoms with van der Waals surface area (Å²) in [5.41, 5.74) is 2.16. The molecule has 2 bridgehead atoms. The van der Waals surface area contributed by atoms with Crippen molar-refractivity contribution in [3.8, 4) is 0 Å². The molecule has 6 aliphatic rings. The maximum atomic E-state index is 13.9. The van der Waals surface area contributed by atoms with Crippen molar-refractivity contribution < 1.29 is 4.79 Å². The number of likely N-dealkylation sites (tertiary alicyclic amines) is 1. The minimum absolute atomic E-state index is 0.00664. The highest BCUT2D eigenvalue weighted by molar-refractivity contribution is 5.88. The van der Waals surface area contributed by atoms with E-state index in [1.165, 1.54) is 37.7 Å². The van der Waals surface area contributed by atoms with Gasteiger partial charge in [-0.05, 0) is 73.8 Å². The van der Waals surface area contributed by atoms with Crippen molar-refractivity contribution in [1.29, 1.82) is 0 Å². The smallest absolute Gasteiger partial charge is 0.229 e. The molecule has 1 N–H and O–H groups in total. The van der Waals surface area contributed by atoms with Crippen molar-refractivity contribution in [1.82, 2.24) is 10.2 Å². The predicted octanol–water partition coefficient (Wildman–Crippen LogP) is 2.95. The van der Waals surface area contributed by atoms with E-state index in [9.17, 15) is 4.79 Å². The zero-order valence-corrected chi connectivity index (χ0v) is 15.4. The van der Waals surface area contributed by atoms with E-state index in [4.69, 9.17) is 0 Å². The number of carbonyl (C=O) groups is 1. The Labute approximate surface area is 155 Å². The average molecular weight is 348 g/mol. The summed E-state index contributed by atoms with van der Waals surface area (Å²) in [6.07, 6.45) is 7.65. The zero-order valence-electron chi connectivity index (χ0n) is 15.4. The van der Waals surface area contributed by atoms with Gasteiger partial charge in [-0.15, -0.1) is 0 Å². The molecule has 136 valence electrons. The van der Waals surface area contributed by atoms with Crippen LogP contribution in [0.5, 0.6) is 0 Å². The molecule has 2 aliphatic heterocycles. The number of nitrogens with zero attached hydrogens (tertiary/aromatic N) is 1. The molecule has 1 aromatic rings. The number of rotatable bonds is 2. The van der Waals surface area contributed by atoms with E-state index >= 15 is 0 Å². The second kappa shape index (κ2) is 4.38. The molecule has 3 heteroatoms. The molecule has 1 amide bonds. The van der Waals surface area contributed by atoms with Crippen molar-refractivity contribution >= 4 is 5.91 Å². The number of hydrogen-bond acceptors (Lipinski definition) is 2. The third-order valence-electron chi connectivity index (χ3n) is 9.85. The Morgan fingerprint density at radius 2 is 2.00 bits per heavy atom. The lowest BCUT2D eigenvalue weighted by molar-refractivity contribution is -0.264. The van der Waals surface area contributed by atoms with Gasteiger partial charge in [0, 0.05) is 24.5 Å². The molecule has 7 rings (SSSR count). The van der Waals surface area contributed by atoms with Crippen molar-refractivity contribution in [3.05, 3.63) is 35.9 Å². The Kier molecular flexibility index (Phi) is 2.47. The fourth-order valence-electron chi connectivity index (χ4n) is 9.27. The summed E-state index contributed by atoms with van der Waals surface area (Å²) in [4.78, 5) is 16.2. The van der Waals surface area contributed by atoms with Crippen LogP contribution in [0.25, 0.3) is 0 Å². The van der Waals surface area contributed by atoms with Crippen LogP contribution < -0.4 is 5.32 Å². The first-order valence-electron chi connectivity index (χ1n) is 10.8. The Hall–Kier alpha value is -1.35. The first kappa shape index (κ1) is 14.7. The lowest BCUT2D eigenvalue weighted by Gasteiger charge is -2.79. The van der Waals surface area contributed by atoms with Gasteiger partial charge >= 0.3 is 0 Å². The Morgan fingerprint density at radius 3 is 2.81 bits per heavy atom. The number of nitrogens with one attached hydrogen (secondary N) is 1. The maximum absolute atomic E-state index is 13.9. The quantitative estimate of drug-likeness (QED) is 0.891. The second-order valence-corrected chi connectivity index (χ2v) is 10.4. The molecule has 3 nitrogen and oxygen atoms in total. The average Bonchev–Trinajstić information content (AvgIpc) is 3.36. The fourth-order valence-corrected chi connectivity index (χ4v) is 9.27. The summed E-state index contributed by atoms with van der Waals surface area (Å²) in [6, 6.07) is 11.8. The summed E-state index contributed by atoms with van der Waals surface area (Å²) in [7, 11) is 0. The van der Waals surface area contributed by atoms with Crippen LogP contribution in [0.3, 0.4) is 0 Å². The molecule has 0 radical (unpaired) electrons. The largest absolute Gasteiger partial charge is 0.340 e. The van der Waals surface area contributed by atoms with Gasteiger partial charge in [0.25, 0.3) is 0 Å². The van der Waals surface area contributed by atoms with Gasteiger partial charge in [-0.1, -0.05) is 30.3 Å². The summed E-state index contributed by atoms with van der Waals surface area (Å²) in [6.45, 7) is 3.13. The van der Waals surface area contributed by atoms with E-state index in [1.54, 1.807) is 0 Å². The first-order chi connectivity index (χ1) is 12.7. The molecule has 1 aromatic carbocycles. The normalized spacial score (nSPS) is 52.4. The molecular weight excluding hydrogens is 320 g/mol. The van der Waals surface area contributed by atoms with Crippen LogP contribution in [0.1, 0.15) is 44.1 Å². The summed E-state index contributed by atoms with van der Waals surface area (Å²) in [5, 5.41) is 3.62. The van der Waals surface area contributed by atoms with Crippen molar-refractivity contribution in [2.75, 3.05) is 19.6 Å². The summed E-state index contributed by atoms with van der Waals surface area (Å²) < 4.78 is 0. The molecule has 6 fully saturated rings. The van der Waals surface area contributed by atoms with Crippen LogP contribution in [0.2, 0.25) is 0 Å². The van der Waals surface area contributed by atoms with Crippen LogP contribution >= 0.6 is 0 Å². The summed E-state index contributed by atoms with van der Waals surface area (Å²) in [5.74, 6) is 2.89. The maximum Gasteiger partial charge on any atom is 0.229 e. The van der Waals surface area contributed by atoms with Gasteiger partial charge in [0.15, 0.2) is 0 Å². The third kappa shape index (κ3) is 1.32. The molecule has 7 unspecified atom stereocenters. The highest BCUT2D eigenvalue weighted by Gasteiger charge is 2.89. The van der Waals surface area contributed by atoms with Crippen molar-refractivity contribution in [2.24, 2.45) is 28.6 Å². The molecule has 2 saturated heterocycles. The highest BCUT2D eigenvalue weighted by atomic mass is 16.2. The Balaban J connectivity index is 1.27. The third-order valence-corrected chi connectivity index (χ3v) is 9.85. The number of hydrogen-bond donors (Lipinski definition) is 1. The van der Waals surface area contributed by atoms with Crippen LogP contribution in [-0.2, 0) is 10.2 Å². The van der Waals surface area contributed by atoms with Gasteiger partial charge in [-0.2, -0.15) is 0 Å². The van der Waals surface area contributed by atoms with E-state index in [0.717, 1.165) is 37.9 Å². The predicted molar refractivity (Wildman–Crippen MR) is 99.5 cm³/mol. The van der Waals surface area contributed by atoms with Gasteiger partial charge in [0.05, 0.1) is 5.41 Å². The highest BCUT2D eigenvalue weighted by Crippen LogP contribution is 2.91. The molecule has 2 heterocycles. The number of carbonyl (C=O) groups excluding carboxylic acids is 1. The van der Waals surface area contributed by atoms with Crippen LogP contribution in [0, 0.1) is 28.6 Å². The van der Waals surface area contributed by atoms with E-state index in [0.29, 0.717) is 28.7 Å². The molecule has 0 aromatic heterocycles. The van der Waals surface area contributed by atoms with Crippen LogP contribution in [0.4, 0.5) is 0 Å². The van der Waals surface area contributed by atoms with E-state index < -0.39 is 0 Å². The van der Waals surface area contributed by atoms with Gasteiger partial charge in [-0.3, -0.25) is 4.79 Å². The monoisotopic (exact) mass is 348 g/mol. The number of fused-ring (bicyclic) bond motifs is 2. The molecule has 4 aliphatic carbocycles. The van der Waals surface area contributed by atoms with Crippen LogP contribution in [-0.4, -0.2) is 36.5 Å². The molecule has 26 heavy (non-hydrogen) atoms. The SMILES string of the molecule is O=C(N1CC2CCNC2C1)C12CC3CC4CC(c5ccccc5)(C1)C42C3. The van der Waals surface area contributed by atoms with E-state index in [-0.39, 0.29) is 5.41 Å². The van der Waals surface area contributed by atoms with E-state index in [1.807, 2.05) is 0 Å². The van der Waals surface area contributed by atoms with E-state index in [2.05, 4.69) is 40.5 Å². The fraction of sp³-hybridized carbons (Fsp3) is 0.696. The molecule has 1 spiro atoms. The zero-order chi connectivity index (χ0) is 17.1. The summed E-state index contributed by atoms with van der Waals surface area (Å²) >= 11 is 0.